The van der Waals surface area contributed by atoms with E-state index in [0.29, 0.717) is 16.3 Å². The molecule has 0 saturated carbocycles. The van der Waals surface area contributed by atoms with Crippen molar-refractivity contribution in [1.29, 1.82) is 0 Å². The second-order valence-corrected chi connectivity index (χ2v) is 10.2. The fourth-order valence-electron chi connectivity index (χ4n) is 3.38. The van der Waals surface area contributed by atoms with E-state index in [1.54, 1.807) is 53.7 Å². The first-order chi connectivity index (χ1) is 14.1. The molecule has 0 bridgehead atoms. The van der Waals surface area contributed by atoms with Crippen molar-refractivity contribution in [1.82, 2.24) is 4.90 Å². The summed E-state index contributed by atoms with van der Waals surface area (Å²) in [4.78, 5) is 39.7. The summed E-state index contributed by atoms with van der Waals surface area (Å²) < 4.78 is 16.3. The molecular formula is C22H29Cl2NO6. The number of nitrogens with zero attached hydrogens (tertiary/aromatic N) is 1. The van der Waals surface area contributed by atoms with E-state index in [9.17, 15) is 14.4 Å². The van der Waals surface area contributed by atoms with E-state index >= 15 is 0 Å². The van der Waals surface area contributed by atoms with E-state index in [0.717, 1.165) is 4.90 Å². The maximum atomic E-state index is 13.1. The number of hydrogen-bond donors (Lipinski definition) is 0. The molecule has 1 fully saturated rings. The largest absolute Gasteiger partial charge is 0.496 e. The van der Waals surface area contributed by atoms with Crippen LogP contribution in [-0.4, -0.2) is 47.2 Å². The highest BCUT2D eigenvalue weighted by Crippen LogP contribution is 2.44. The van der Waals surface area contributed by atoms with Crippen LogP contribution in [0.5, 0.6) is 5.75 Å². The van der Waals surface area contributed by atoms with Gasteiger partial charge >= 0.3 is 12.1 Å². The van der Waals surface area contributed by atoms with Gasteiger partial charge in [-0.2, -0.15) is 0 Å². The summed E-state index contributed by atoms with van der Waals surface area (Å²) in [6, 6.07) is 2.06. The van der Waals surface area contributed by atoms with Crippen molar-refractivity contribution in [3.8, 4) is 5.75 Å². The van der Waals surface area contributed by atoms with Crippen LogP contribution in [0.4, 0.5) is 4.79 Å². The first-order valence-electron chi connectivity index (χ1n) is 9.94. The van der Waals surface area contributed by atoms with Crippen molar-refractivity contribution in [3.05, 3.63) is 27.7 Å². The molecule has 2 amide bonds. The Bertz CT molecular complexity index is 872. The summed E-state index contributed by atoms with van der Waals surface area (Å²) >= 11 is 12.6. The topological polar surface area (TPSA) is 82.1 Å². The average Bonchev–Trinajstić information content (AvgIpc) is 2.60. The van der Waals surface area contributed by atoms with Crippen LogP contribution in [0.2, 0.25) is 10.0 Å². The second kappa shape index (κ2) is 9.25. The van der Waals surface area contributed by atoms with Gasteiger partial charge in [0.1, 0.15) is 23.0 Å². The Balaban J connectivity index is 2.49. The molecule has 1 aromatic rings. The number of methoxy groups -OCH3 is 1. The molecule has 1 aliphatic heterocycles. The van der Waals surface area contributed by atoms with Gasteiger partial charge in [-0.25, -0.2) is 14.5 Å². The van der Waals surface area contributed by atoms with Crippen LogP contribution >= 0.6 is 23.2 Å². The SMILES string of the molecule is COc1ccc(Cl)c(Cl)c1[C@@H]1CC(=O)N(C(=O)OC(C)(C)C)[C@H](C(=O)OC(C)(C)C)C1. The van der Waals surface area contributed by atoms with Crippen molar-refractivity contribution in [2.24, 2.45) is 0 Å². The minimum atomic E-state index is -1.18. The van der Waals surface area contributed by atoms with Gasteiger partial charge in [0.2, 0.25) is 5.91 Å². The molecule has 9 heteroatoms. The summed E-state index contributed by atoms with van der Waals surface area (Å²) in [5, 5.41) is 0.542. The highest BCUT2D eigenvalue weighted by atomic mass is 35.5. The van der Waals surface area contributed by atoms with E-state index < -0.39 is 41.1 Å². The number of benzene rings is 1. The molecule has 31 heavy (non-hydrogen) atoms. The zero-order chi connectivity index (χ0) is 23.7. The van der Waals surface area contributed by atoms with Gasteiger partial charge in [0.05, 0.1) is 17.2 Å². The highest BCUT2D eigenvalue weighted by Gasteiger charge is 2.46. The average molecular weight is 474 g/mol. The number of carbonyl (C=O) groups excluding carboxylic acids is 3. The zero-order valence-corrected chi connectivity index (χ0v) is 20.4. The lowest BCUT2D eigenvalue weighted by molar-refractivity contribution is -0.166. The first kappa shape index (κ1) is 25.3. The molecule has 0 aromatic heterocycles. The third kappa shape index (κ3) is 6.26. The summed E-state index contributed by atoms with van der Waals surface area (Å²) in [7, 11) is 1.48. The Kier molecular flexibility index (Phi) is 7.54. The number of amides is 2. The van der Waals surface area contributed by atoms with E-state index in [2.05, 4.69) is 0 Å². The molecule has 2 atom stereocenters. The number of carbonyl (C=O) groups is 3. The van der Waals surface area contributed by atoms with E-state index in [4.69, 9.17) is 37.4 Å². The molecular weight excluding hydrogens is 445 g/mol. The number of likely N-dealkylation sites (tertiary alicyclic amines) is 1. The van der Waals surface area contributed by atoms with Crippen LogP contribution in [-0.2, 0) is 19.1 Å². The number of ether oxygens (including phenoxy) is 3. The Hall–Kier alpha value is -1.99. The molecule has 0 N–H and O–H groups in total. The summed E-state index contributed by atoms with van der Waals surface area (Å²) in [5.41, 5.74) is -1.13. The minimum Gasteiger partial charge on any atom is -0.496 e. The van der Waals surface area contributed by atoms with Gasteiger partial charge < -0.3 is 14.2 Å². The van der Waals surface area contributed by atoms with Crippen LogP contribution < -0.4 is 4.74 Å². The fraction of sp³-hybridized carbons (Fsp3) is 0.591. The number of hydrogen-bond acceptors (Lipinski definition) is 6. The molecule has 0 unspecified atom stereocenters. The van der Waals surface area contributed by atoms with Crippen molar-refractivity contribution in [2.75, 3.05) is 7.11 Å². The maximum absolute atomic E-state index is 13.1. The van der Waals surface area contributed by atoms with E-state index in [1.165, 1.54) is 7.11 Å². The predicted molar refractivity (Wildman–Crippen MR) is 118 cm³/mol. The standard InChI is InChI=1S/C22H29Cl2NO6/c1-21(2,3)30-19(27)14-10-12(17-15(29-7)9-8-13(23)18(17)24)11-16(26)25(14)20(28)31-22(4,5)6/h8-9,12,14H,10-11H2,1-7H3/t12-,14-/m0/s1. The lowest BCUT2D eigenvalue weighted by Gasteiger charge is -2.38. The van der Waals surface area contributed by atoms with Crippen LogP contribution in [0, 0.1) is 0 Å². The van der Waals surface area contributed by atoms with Gasteiger partial charge in [0.25, 0.3) is 0 Å². The van der Waals surface area contributed by atoms with Crippen LogP contribution in [0.1, 0.15) is 65.9 Å². The van der Waals surface area contributed by atoms with Crippen molar-refractivity contribution < 1.29 is 28.6 Å². The number of esters is 1. The molecule has 1 aromatic carbocycles. The van der Waals surface area contributed by atoms with E-state index in [1.807, 2.05) is 0 Å². The lowest BCUT2D eigenvalue weighted by Crippen LogP contribution is -2.55. The first-order valence-corrected chi connectivity index (χ1v) is 10.7. The number of imide groups is 1. The predicted octanol–water partition coefficient (Wildman–Crippen LogP) is 5.35. The van der Waals surface area contributed by atoms with Gasteiger partial charge in [-0.3, -0.25) is 4.79 Å². The smallest absolute Gasteiger partial charge is 0.417 e. The number of piperidine rings is 1. The number of rotatable bonds is 3. The molecule has 172 valence electrons. The molecule has 0 aliphatic carbocycles. The normalized spacial score (nSPS) is 19.8. The zero-order valence-electron chi connectivity index (χ0n) is 18.9. The summed E-state index contributed by atoms with van der Waals surface area (Å²) in [5.74, 6) is -1.33. The monoisotopic (exact) mass is 473 g/mol. The maximum Gasteiger partial charge on any atom is 0.417 e. The van der Waals surface area contributed by atoms with Gasteiger partial charge in [-0.15, -0.1) is 0 Å². The summed E-state index contributed by atoms with van der Waals surface area (Å²) in [6.45, 7) is 10.2. The van der Waals surface area contributed by atoms with Crippen LogP contribution in [0.3, 0.4) is 0 Å². The Morgan fingerprint density at radius 1 is 1.03 bits per heavy atom. The molecule has 0 radical (unpaired) electrons. The lowest BCUT2D eigenvalue weighted by atomic mass is 9.84. The summed E-state index contributed by atoms with van der Waals surface area (Å²) in [6.07, 6.45) is -0.873. The fourth-order valence-corrected chi connectivity index (χ4v) is 3.85. The van der Waals surface area contributed by atoms with Crippen molar-refractivity contribution >= 4 is 41.2 Å². The molecule has 0 spiro atoms. The quantitative estimate of drug-likeness (QED) is 0.549. The van der Waals surface area contributed by atoms with Gasteiger partial charge in [-0.1, -0.05) is 23.2 Å². The molecule has 1 aliphatic rings. The minimum absolute atomic E-state index is 0.0744. The van der Waals surface area contributed by atoms with Crippen molar-refractivity contribution in [2.45, 2.75) is 77.5 Å². The molecule has 1 saturated heterocycles. The Labute approximate surface area is 192 Å². The third-order valence-corrected chi connectivity index (χ3v) is 5.32. The Morgan fingerprint density at radius 3 is 2.13 bits per heavy atom. The number of halogens is 2. The van der Waals surface area contributed by atoms with Gasteiger partial charge in [0.15, 0.2) is 0 Å². The van der Waals surface area contributed by atoms with Gasteiger partial charge in [0, 0.05) is 17.9 Å². The van der Waals surface area contributed by atoms with E-state index in [-0.39, 0.29) is 17.9 Å². The second-order valence-electron chi connectivity index (χ2n) is 9.41. The highest BCUT2D eigenvalue weighted by molar-refractivity contribution is 6.42. The van der Waals surface area contributed by atoms with Crippen LogP contribution in [0.25, 0.3) is 0 Å². The Morgan fingerprint density at radius 2 is 1.61 bits per heavy atom. The van der Waals surface area contributed by atoms with Gasteiger partial charge in [-0.05, 0) is 60.1 Å². The van der Waals surface area contributed by atoms with Crippen molar-refractivity contribution in [3.63, 3.8) is 0 Å². The molecule has 1 heterocycles. The van der Waals surface area contributed by atoms with Crippen LogP contribution in [0.15, 0.2) is 12.1 Å². The third-order valence-electron chi connectivity index (χ3n) is 4.50. The molecule has 7 nitrogen and oxygen atoms in total. The molecule has 2 rings (SSSR count).